The summed E-state index contributed by atoms with van der Waals surface area (Å²) in [7, 11) is -1.35. The zero-order valence-corrected chi connectivity index (χ0v) is 25.1. The van der Waals surface area contributed by atoms with Gasteiger partial charge in [0.1, 0.15) is 5.75 Å². The lowest BCUT2D eigenvalue weighted by atomic mass is 9.52. The van der Waals surface area contributed by atoms with E-state index in [1.807, 2.05) is 12.1 Å². The Bertz CT molecular complexity index is 1030. The molecule has 3 aliphatic carbocycles. The second kappa shape index (κ2) is 13.6. The molecule has 0 aliphatic heterocycles. The normalized spacial score (nSPS) is 30.5. The first-order valence-electron chi connectivity index (χ1n) is 15.6. The fourth-order valence-electron chi connectivity index (χ4n) is 8.28. The number of aliphatic hydroxyl groups excluding tert-OH is 1. The number of hydrogen-bond donors (Lipinski definition) is 2. The summed E-state index contributed by atoms with van der Waals surface area (Å²) < 4.78 is 74.5. The van der Waals surface area contributed by atoms with Crippen LogP contribution in [-0.2, 0) is 17.2 Å². The highest BCUT2D eigenvalue weighted by atomic mass is 32.2. The summed E-state index contributed by atoms with van der Waals surface area (Å²) in [5.41, 5.74) is 2.73. The molecule has 2 saturated carbocycles. The van der Waals surface area contributed by atoms with Gasteiger partial charge in [-0.05, 0) is 104 Å². The average molecular weight is 607 g/mol. The quantitative estimate of drug-likeness (QED) is 0.165. The molecule has 4 rings (SSSR count). The maximum Gasteiger partial charge on any atom is 0.453 e. The number of phenols is 1. The van der Waals surface area contributed by atoms with Gasteiger partial charge < -0.3 is 10.2 Å². The number of aliphatic hydroxyl groups is 1. The fourth-order valence-corrected chi connectivity index (χ4v) is 9.48. The van der Waals surface area contributed by atoms with Crippen LogP contribution in [0.3, 0.4) is 0 Å². The number of fused-ring (bicyclic) bond motifs is 5. The van der Waals surface area contributed by atoms with Crippen LogP contribution in [-0.4, -0.2) is 44.1 Å². The van der Waals surface area contributed by atoms with Crippen molar-refractivity contribution in [3.8, 4) is 5.75 Å². The number of alkyl halides is 5. The molecule has 0 bridgehead atoms. The van der Waals surface area contributed by atoms with Gasteiger partial charge in [0, 0.05) is 28.7 Å². The van der Waals surface area contributed by atoms with Gasteiger partial charge in [0.15, 0.2) is 0 Å². The summed E-state index contributed by atoms with van der Waals surface area (Å²) >= 11 is 0. The zero-order chi connectivity index (χ0) is 29.8. The molecule has 234 valence electrons. The SMILES string of the molecule is C[C@@]12CC[C@@H]3c4ccc(O)cc4C[C@@H](CCCCCCCCCS(=O)CCCC(F)(F)C(F)(F)F)[C@@H]3[C@@H]1CC[C@@H]2O. The smallest absolute Gasteiger partial charge is 0.453 e. The van der Waals surface area contributed by atoms with Gasteiger partial charge in [0.05, 0.1) is 6.10 Å². The Hall–Kier alpha value is -1.22. The van der Waals surface area contributed by atoms with E-state index in [9.17, 15) is 36.4 Å². The Balaban J connectivity index is 1.15. The first kappa shape index (κ1) is 32.7. The molecule has 0 spiro atoms. The van der Waals surface area contributed by atoms with Crippen LogP contribution in [0.1, 0.15) is 114 Å². The number of hydrogen-bond acceptors (Lipinski definition) is 3. The Morgan fingerprint density at radius 3 is 2.29 bits per heavy atom. The molecular weight excluding hydrogens is 559 g/mol. The third-order valence-corrected chi connectivity index (χ3v) is 12.0. The molecule has 1 unspecified atom stereocenters. The van der Waals surface area contributed by atoms with Crippen molar-refractivity contribution in [3.05, 3.63) is 29.3 Å². The molecule has 0 heterocycles. The molecule has 0 radical (unpaired) electrons. The van der Waals surface area contributed by atoms with Crippen LogP contribution >= 0.6 is 0 Å². The van der Waals surface area contributed by atoms with Crippen LogP contribution in [0, 0.1) is 23.2 Å². The van der Waals surface area contributed by atoms with E-state index < -0.39 is 35.7 Å². The molecular formula is C32H47F5O3S. The molecule has 0 amide bonds. The van der Waals surface area contributed by atoms with Crippen molar-refractivity contribution in [3.63, 3.8) is 0 Å². The third-order valence-electron chi connectivity index (χ3n) is 10.6. The lowest BCUT2D eigenvalue weighted by molar-refractivity contribution is -0.284. The Labute approximate surface area is 244 Å². The van der Waals surface area contributed by atoms with Gasteiger partial charge in [-0.25, -0.2) is 0 Å². The third kappa shape index (κ3) is 7.66. The maximum absolute atomic E-state index is 13.0. The minimum absolute atomic E-state index is 0.0195. The molecule has 9 heteroatoms. The highest BCUT2D eigenvalue weighted by Gasteiger charge is 2.57. The molecule has 0 aromatic heterocycles. The van der Waals surface area contributed by atoms with Crippen LogP contribution in [0.2, 0.25) is 0 Å². The standard InChI is InChI=1S/C32H47F5O3S/c1-30-17-15-26-25-12-11-24(38)21-23(25)20-22(29(26)27(30)13-14-28(30)39)10-7-5-3-2-4-6-8-18-41(40)19-9-16-31(33,34)32(35,36)37/h11-12,21-22,26-29,38-39H,2-10,13-20H2,1H3/t22-,26-,27+,28+,29+,30-,41?/m1/s1. The number of benzene rings is 1. The van der Waals surface area contributed by atoms with Gasteiger partial charge in [0.25, 0.3) is 0 Å². The van der Waals surface area contributed by atoms with Crippen molar-refractivity contribution in [1.82, 2.24) is 0 Å². The Morgan fingerprint density at radius 2 is 1.59 bits per heavy atom. The molecule has 3 nitrogen and oxygen atoms in total. The van der Waals surface area contributed by atoms with Gasteiger partial charge >= 0.3 is 12.1 Å². The van der Waals surface area contributed by atoms with Crippen molar-refractivity contribution < 1.29 is 36.4 Å². The van der Waals surface area contributed by atoms with Crippen LogP contribution in [0.15, 0.2) is 18.2 Å². The van der Waals surface area contributed by atoms with Crippen molar-refractivity contribution in [2.45, 2.75) is 127 Å². The highest BCUT2D eigenvalue weighted by molar-refractivity contribution is 7.84. The maximum atomic E-state index is 13.0. The van der Waals surface area contributed by atoms with Crippen LogP contribution in [0.5, 0.6) is 5.75 Å². The number of phenolic OH excluding ortho intramolecular Hbond substituents is 1. The fraction of sp³-hybridized carbons (Fsp3) is 0.812. The summed E-state index contributed by atoms with van der Waals surface area (Å²) in [6, 6.07) is 5.92. The lowest BCUT2D eigenvalue weighted by Gasteiger charge is -2.53. The van der Waals surface area contributed by atoms with E-state index in [1.165, 1.54) is 11.1 Å². The van der Waals surface area contributed by atoms with E-state index in [-0.39, 0.29) is 17.3 Å². The van der Waals surface area contributed by atoms with E-state index in [2.05, 4.69) is 13.0 Å². The van der Waals surface area contributed by atoms with Gasteiger partial charge in [-0.15, -0.1) is 0 Å². The number of unbranched alkanes of at least 4 members (excludes halogenated alkanes) is 6. The number of aromatic hydroxyl groups is 1. The molecule has 2 fully saturated rings. The molecule has 1 aromatic carbocycles. The van der Waals surface area contributed by atoms with Crippen molar-refractivity contribution in [2.24, 2.45) is 23.2 Å². The van der Waals surface area contributed by atoms with Crippen LogP contribution in [0.25, 0.3) is 0 Å². The van der Waals surface area contributed by atoms with Gasteiger partial charge in [0.2, 0.25) is 0 Å². The first-order chi connectivity index (χ1) is 19.3. The predicted octanol–water partition coefficient (Wildman–Crippen LogP) is 8.68. The molecule has 1 aromatic rings. The summed E-state index contributed by atoms with van der Waals surface area (Å²) in [6.07, 6.45) is 5.97. The van der Waals surface area contributed by atoms with Gasteiger partial charge in [-0.2, -0.15) is 22.0 Å². The van der Waals surface area contributed by atoms with E-state index in [0.29, 0.717) is 41.6 Å². The number of halogens is 5. The Morgan fingerprint density at radius 1 is 0.927 bits per heavy atom. The largest absolute Gasteiger partial charge is 0.508 e. The minimum atomic E-state index is -5.54. The summed E-state index contributed by atoms with van der Waals surface area (Å²) in [5, 5.41) is 21.0. The van der Waals surface area contributed by atoms with E-state index in [4.69, 9.17) is 0 Å². The summed E-state index contributed by atoms with van der Waals surface area (Å²) in [6.45, 7) is 2.30. The van der Waals surface area contributed by atoms with Crippen molar-refractivity contribution in [1.29, 1.82) is 0 Å². The topological polar surface area (TPSA) is 57.5 Å². The average Bonchev–Trinajstić information content (AvgIpc) is 3.20. The second-order valence-electron chi connectivity index (χ2n) is 13.2. The van der Waals surface area contributed by atoms with E-state index in [1.54, 1.807) is 0 Å². The van der Waals surface area contributed by atoms with Gasteiger partial charge in [-0.1, -0.05) is 51.5 Å². The number of rotatable bonds is 14. The monoisotopic (exact) mass is 606 g/mol. The minimum Gasteiger partial charge on any atom is -0.508 e. The Kier molecular flexibility index (Phi) is 10.8. The van der Waals surface area contributed by atoms with Gasteiger partial charge in [-0.3, -0.25) is 4.21 Å². The summed E-state index contributed by atoms with van der Waals surface area (Å²) in [4.78, 5) is 0. The highest BCUT2D eigenvalue weighted by Crippen LogP contribution is 2.62. The molecule has 41 heavy (non-hydrogen) atoms. The lowest BCUT2D eigenvalue weighted by Crippen LogP contribution is -2.47. The molecule has 2 N–H and O–H groups in total. The van der Waals surface area contributed by atoms with E-state index >= 15 is 0 Å². The first-order valence-corrected chi connectivity index (χ1v) is 17.1. The second-order valence-corrected chi connectivity index (χ2v) is 14.9. The predicted molar refractivity (Wildman–Crippen MR) is 153 cm³/mol. The van der Waals surface area contributed by atoms with Crippen LogP contribution < -0.4 is 0 Å². The molecule has 0 saturated heterocycles. The van der Waals surface area contributed by atoms with E-state index in [0.717, 1.165) is 77.0 Å². The van der Waals surface area contributed by atoms with Crippen LogP contribution in [0.4, 0.5) is 22.0 Å². The summed E-state index contributed by atoms with van der Waals surface area (Å²) in [5.74, 6) is -1.91. The zero-order valence-electron chi connectivity index (χ0n) is 24.2. The molecule has 7 atom stereocenters. The van der Waals surface area contributed by atoms with Crippen molar-refractivity contribution in [2.75, 3.05) is 11.5 Å². The van der Waals surface area contributed by atoms with Crippen molar-refractivity contribution >= 4 is 10.8 Å². The molecule has 3 aliphatic rings.